The maximum absolute atomic E-state index is 5.77. The van der Waals surface area contributed by atoms with Crippen molar-refractivity contribution < 1.29 is 4.74 Å². The maximum atomic E-state index is 5.77. The Hall–Kier alpha value is -0.900. The second-order valence-corrected chi connectivity index (χ2v) is 6.38. The van der Waals surface area contributed by atoms with Gasteiger partial charge in [-0.15, -0.1) is 0 Å². The molecule has 1 aliphatic rings. The summed E-state index contributed by atoms with van der Waals surface area (Å²) in [6.07, 6.45) is 0.323. The van der Waals surface area contributed by atoms with Crippen molar-refractivity contribution in [2.75, 3.05) is 19.7 Å². The number of rotatable bonds is 5. The fourth-order valence-electron chi connectivity index (χ4n) is 3.25. The Kier molecular flexibility index (Phi) is 5.80. The molecule has 4 atom stereocenters. The molecule has 0 saturated carbocycles. The van der Waals surface area contributed by atoms with Crippen molar-refractivity contribution in [3.8, 4) is 0 Å². The number of morpholine rings is 1. The molecule has 118 valence electrons. The van der Waals surface area contributed by atoms with Gasteiger partial charge in [-0.05, 0) is 39.8 Å². The van der Waals surface area contributed by atoms with Crippen LogP contribution in [0.3, 0.4) is 0 Å². The largest absolute Gasteiger partial charge is 0.376 e. The van der Waals surface area contributed by atoms with Crippen LogP contribution in [-0.4, -0.2) is 42.8 Å². The standard InChI is InChI=1S/C18H30N2O/c1-6-19-18(17-9-7-13(2)8-10-17)16(5)20-11-15(4)21-12-14(20)3/h7-10,14-16,18-19H,6,11-12H2,1-5H3. The van der Waals surface area contributed by atoms with Gasteiger partial charge in [-0.1, -0.05) is 36.8 Å². The molecule has 4 unspecified atom stereocenters. The summed E-state index contributed by atoms with van der Waals surface area (Å²) < 4.78 is 5.77. The molecule has 1 aromatic rings. The van der Waals surface area contributed by atoms with Crippen LogP contribution >= 0.6 is 0 Å². The lowest BCUT2D eigenvalue weighted by Gasteiger charge is -2.43. The molecule has 1 aliphatic heterocycles. The summed E-state index contributed by atoms with van der Waals surface area (Å²) in [6, 6.07) is 10.2. The molecular weight excluding hydrogens is 260 g/mol. The molecule has 21 heavy (non-hydrogen) atoms. The van der Waals surface area contributed by atoms with Gasteiger partial charge in [-0.3, -0.25) is 4.90 Å². The summed E-state index contributed by atoms with van der Waals surface area (Å²) in [4.78, 5) is 2.58. The molecular formula is C18H30N2O. The van der Waals surface area contributed by atoms with Gasteiger partial charge in [0.1, 0.15) is 0 Å². The second-order valence-electron chi connectivity index (χ2n) is 6.38. The molecule has 0 aliphatic carbocycles. The van der Waals surface area contributed by atoms with Crippen molar-refractivity contribution in [1.29, 1.82) is 0 Å². The van der Waals surface area contributed by atoms with Crippen LogP contribution in [0, 0.1) is 6.92 Å². The molecule has 2 rings (SSSR count). The van der Waals surface area contributed by atoms with E-state index in [1.54, 1.807) is 0 Å². The quantitative estimate of drug-likeness (QED) is 0.901. The van der Waals surface area contributed by atoms with Gasteiger partial charge in [-0.25, -0.2) is 0 Å². The Morgan fingerprint density at radius 1 is 1.29 bits per heavy atom. The number of benzene rings is 1. The van der Waals surface area contributed by atoms with Crippen LogP contribution in [0.25, 0.3) is 0 Å². The highest BCUT2D eigenvalue weighted by Crippen LogP contribution is 2.25. The fourth-order valence-corrected chi connectivity index (χ4v) is 3.25. The topological polar surface area (TPSA) is 24.5 Å². The van der Waals surface area contributed by atoms with Gasteiger partial charge in [0.2, 0.25) is 0 Å². The second kappa shape index (κ2) is 7.39. The molecule has 1 saturated heterocycles. The van der Waals surface area contributed by atoms with Crippen LogP contribution in [0.5, 0.6) is 0 Å². The molecule has 0 aromatic heterocycles. The molecule has 0 amide bonds. The summed E-state index contributed by atoms with van der Waals surface area (Å²) in [6.45, 7) is 13.9. The van der Waals surface area contributed by atoms with Gasteiger partial charge in [0.25, 0.3) is 0 Å². The van der Waals surface area contributed by atoms with E-state index >= 15 is 0 Å². The first-order chi connectivity index (χ1) is 10.0. The predicted octanol–water partition coefficient (Wildman–Crippen LogP) is 3.14. The monoisotopic (exact) mass is 290 g/mol. The van der Waals surface area contributed by atoms with Crippen molar-refractivity contribution in [3.63, 3.8) is 0 Å². The third-order valence-electron chi connectivity index (χ3n) is 4.52. The fraction of sp³-hybridized carbons (Fsp3) is 0.667. The minimum absolute atomic E-state index is 0.323. The normalized spacial score (nSPS) is 26.5. The number of nitrogens with zero attached hydrogens (tertiary/aromatic N) is 1. The number of hydrogen-bond acceptors (Lipinski definition) is 3. The van der Waals surface area contributed by atoms with Crippen molar-refractivity contribution in [2.24, 2.45) is 0 Å². The summed E-state index contributed by atoms with van der Waals surface area (Å²) in [5.74, 6) is 0. The van der Waals surface area contributed by atoms with Gasteiger partial charge in [0.05, 0.1) is 12.7 Å². The zero-order chi connectivity index (χ0) is 15.4. The highest BCUT2D eigenvalue weighted by Gasteiger charge is 2.31. The van der Waals surface area contributed by atoms with Gasteiger partial charge < -0.3 is 10.1 Å². The summed E-state index contributed by atoms with van der Waals surface area (Å²) >= 11 is 0. The zero-order valence-electron chi connectivity index (χ0n) is 14.1. The number of nitrogens with one attached hydrogen (secondary N) is 1. The Morgan fingerprint density at radius 2 is 1.95 bits per heavy atom. The lowest BCUT2D eigenvalue weighted by atomic mass is 9.96. The van der Waals surface area contributed by atoms with E-state index in [1.807, 2.05) is 0 Å². The minimum Gasteiger partial charge on any atom is -0.376 e. The number of aryl methyl sites for hydroxylation is 1. The minimum atomic E-state index is 0.323. The van der Waals surface area contributed by atoms with E-state index in [1.165, 1.54) is 11.1 Å². The Labute approximate surface area is 129 Å². The van der Waals surface area contributed by atoms with Crippen LogP contribution in [0.2, 0.25) is 0 Å². The average Bonchev–Trinajstić information content (AvgIpc) is 2.48. The summed E-state index contributed by atoms with van der Waals surface area (Å²) in [5, 5.41) is 3.67. The van der Waals surface area contributed by atoms with Crippen LogP contribution in [0.4, 0.5) is 0 Å². The van der Waals surface area contributed by atoms with E-state index in [-0.39, 0.29) is 0 Å². The highest BCUT2D eigenvalue weighted by atomic mass is 16.5. The Bertz CT molecular complexity index is 431. The smallest absolute Gasteiger partial charge is 0.0674 e. The molecule has 3 nitrogen and oxygen atoms in total. The number of likely N-dealkylation sites (N-methyl/N-ethyl adjacent to an activating group) is 1. The van der Waals surface area contributed by atoms with Crippen LogP contribution in [0.15, 0.2) is 24.3 Å². The lowest BCUT2D eigenvalue weighted by molar-refractivity contribution is -0.0686. The van der Waals surface area contributed by atoms with Crippen molar-refractivity contribution in [1.82, 2.24) is 10.2 Å². The van der Waals surface area contributed by atoms with Crippen LogP contribution < -0.4 is 5.32 Å². The Balaban J connectivity index is 2.18. The number of ether oxygens (including phenoxy) is 1. The van der Waals surface area contributed by atoms with Crippen LogP contribution in [0.1, 0.15) is 44.9 Å². The van der Waals surface area contributed by atoms with E-state index in [2.05, 4.69) is 69.1 Å². The maximum Gasteiger partial charge on any atom is 0.0674 e. The molecule has 1 heterocycles. The van der Waals surface area contributed by atoms with Crippen molar-refractivity contribution in [3.05, 3.63) is 35.4 Å². The Morgan fingerprint density at radius 3 is 2.57 bits per heavy atom. The first-order valence-electron chi connectivity index (χ1n) is 8.20. The summed E-state index contributed by atoms with van der Waals surface area (Å²) in [7, 11) is 0. The highest BCUT2D eigenvalue weighted by molar-refractivity contribution is 5.25. The van der Waals surface area contributed by atoms with Gasteiger partial charge >= 0.3 is 0 Å². The van der Waals surface area contributed by atoms with E-state index in [0.717, 1.165) is 19.7 Å². The molecule has 1 fully saturated rings. The van der Waals surface area contributed by atoms with Crippen molar-refractivity contribution >= 4 is 0 Å². The first-order valence-corrected chi connectivity index (χ1v) is 8.20. The van der Waals surface area contributed by atoms with Crippen molar-refractivity contribution in [2.45, 2.75) is 58.8 Å². The molecule has 0 spiro atoms. The number of hydrogen-bond donors (Lipinski definition) is 1. The zero-order valence-corrected chi connectivity index (χ0v) is 14.1. The third kappa shape index (κ3) is 4.06. The van der Waals surface area contributed by atoms with Gasteiger partial charge in [0, 0.05) is 24.7 Å². The first kappa shape index (κ1) is 16.5. The average molecular weight is 290 g/mol. The van der Waals surface area contributed by atoms with E-state index in [9.17, 15) is 0 Å². The molecule has 0 radical (unpaired) electrons. The summed E-state index contributed by atoms with van der Waals surface area (Å²) in [5.41, 5.74) is 2.69. The molecule has 1 aromatic carbocycles. The van der Waals surface area contributed by atoms with E-state index in [4.69, 9.17) is 4.74 Å². The van der Waals surface area contributed by atoms with Gasteiger partial charge in [-0.2, -0.15) is 0 Å². The molecule has 3 heteroatoms. The molecule has 1 N–H and O–H groups in total. The van der Waals surface area contributed by atoms with Gasteiger partial charge in [0.15, 0.2) is 0 Å². The predicted molar refractivity (Wildman–Crippen MR) is 88.6 cm³/mol. The van der Waals surface area contributed by atoms with E-state index < -0.39 is 0 Å². The van der Waals surface area contributed by atoms with Crippen LogP contribution in [-0.2, 0) is 4.74 Å². The lowest BCUT2D eigenvalue weighted by Crippen LogP contribution is -2.54. The third-order valence-corrected chi connectivity index (χ3v) is 4.52. The SMILES string of the molecule is CCNC(c1ccc(C)cc1)C(C)N1CC(C)OCC1C. The van der Waals surface area contributed by atoms with E-state index in [0.29, 0.717) is 24.2 Å². The molecule has 0 bridgehead atoms.